The molecule has 33 heavy (non-hydrogen) atoms. The van der Waals surface area contributed by atoms with E-state index in [0.717, 1.165) is 82.9 Å². The third-order valence-electron chi connectivity index (χ3n) is 6.40. The van der Waals surface area contributed by atoms with Crippen LogP contribution in [0, 0.1) is 0 Å². The lowest BCUT2D eigenvalue weighted by Gasteiger charge is -2.21. The van der Waals surface area contributed by atoms with Gasteiger partial charge in [0.05, 0.1) is 28.6 Å². The number of imidazole rings is 1. The number of benzene rings is 1. The molecule has 0 aliphatic carbocycles. The zero-order chi connectivity index (χ0) is 22.4. The monoisotopic (exact) mass is 438 g/mol. The van der Waals surface area contributed by atoms with Crippen molar-refractivity contribution in [2.24, 2.45) is 0 Å². The summed E-state index contributed by atoms with van der Waals surface area (Å²) in [4.78, 5) is 22.3. The van der Waals surface area contributed by atoms with Crippen LogP contribution in [0.4, 0.5) is 5.69 Å². The van der Waals surface area contributed by atoms with Crippen LogP contribution in [0.15, 0.2) is 48.9 Å². The number of hydrogen-bond acceptors (Lipinski definition) is 6. The van der Waals surface area contributed by atoms with E-state index in [9.17, 15) is 0 Å². The van der Waals surface area contributed by atoms with Crippen molar-refractivity contribution in [1.82, 2.24) is 35.0 Å². The molecule has 0 atom stereocenters. The summed E-state index contributed by atoms with van der Waals surface area (Å²) in [7, 11) is 4.31. The molecule has 166 valence electrons. The number of anilines is 1. The molecule has 8 heteroatoms. The van der Waals surface area contributed by atoms with Crippen LogP contribution < -0.4 is 4.90 Å². The Morgan fingerprint density at radius 3 is 2.82 bits per heavy atom. The van der Waals surface area contributed by atoms with Crippen molar-refractivity contribution in [3.05, 3.63) is 54.5 Å². The lowest BCUT2D eigenvalue weighted by Crippen LogP contribution is -2.22. The van der Waals surface area contributed by atoms with Crippen LogP contribution in [0.3, 0.4) is 0 Å². The van der Waals surface area contributed by atoms with Gasteiger partial charge in [0, 0.05) is 43.5 Å². The SMILES string of the molecule is CN1CCCCN(C)c2cccc3[nH]c(nc23)-c2n[nH]c3cnc(cc23)-c2cncc(c2)C1. The molecule has 0 unspecified atom stereocenters. The first kappa shape index (κ1) is 19.9. The quantitative estimate of drug-likeness (QED) is 0.376. The Hall–Kier alpha value is -3.78. The fraction of sp³-hybridized carbons (Fsp3) is 0.280. The average Bonchev–Trinajstić information content (AvgIpc) is 3.44. The number of hydrogen-bond donors (Lipinski definition) is 2. The van der Waals surface area contributed by atoms with E-state index in [-0.39, 0.29) is 0 Å². The molecule has 0 saturated carbocycles. The van der Waals surface area contributed by atoms with Crippen molar-refractivity contribution in [1.29, 1.82) is 0 Å². The third-order valence-corrected chi connectivity index (χ3v) is 6.40. The van der Waals surface area contributed by atoms with Gasteiger partial charge in [-0.05, 0) is 56.3 Å². The lowest BCUT2D eigenvalue weighted by atomic mass is 10.1. The van der Waals surface area contributed by atoms with Crippen LogP contribution >= 0.6 is 0 Å². The van der Waals surface area contributed by atoms with E-state index < -0.39 is 0 Å². The van der Waals surface area contributed by atoms with Gasteiger partial charge in [0.1, 0.15) is 11.2 Å². The molecule has 5 aromatic rings. The molecule has 2 N–H and O–H groups in total. The molecule has 0 amide bonds. The van der Waals surface area contributed by atoms with Crippen LogP contribution in [0.5, 0.6) is 0 Å². The first-order valence-electron chi connectivity index (χ1n) is 11.3. The Morgan fingerprint density at radius 2 is 1.88 bits per heavy atom. The summed E-state index contributed by atoms with van der Waals surface area (Å²) < 4.78 is 0. The van der Waals surface area contributed by atoms with E-state index in [1.165, 1.54) is 5.56 Å². The zero-order valence-corrected chi connectivity index (χ0v) is 18.8. The van der Waals surface area contributed by atoms with Gasteiger partial charge in [0.2, 0.25) is 0 Å². The smallest absolute Gasteiger partial charge is 0.159 e. The maximum absolute atomic E-state index is 4.97. The van der Waals surface area contributed by atoms with Crippen molar-refractivity contribution in [3.63, 3.8) is 0 Å². The van der Waals surface area contributed by atoms with E-state index in [1.54, 1.807) is 0 Å². The minimum absolute atomic E-state index is 0.754. The fourth-order valence-electron chi connectivity index (χ4n) is 4.65. The Balaban J connectivity index is 1.53. The molecule has 0 saturated heterocycles. The highest BCUT2D eigenvalue weighted by Gasteiger charge is 2.17. The van der Waals surface area contributed by atoms with Crippen molar-refractivity contribution in [2.45, 2.75) is 19.4 Å². The number of nitrogens with one attached hydrogen (secondary N) is 2. The summed E-state index contributed by atoms with van der Waals surface area (Å²) in [5.41, 5.74) is 7.85. The minimum atomic E-state index is 0.754. The Bertz CT molecular complexity index is 1450. The number of rotatable bonds is 0. The second-order valence-corrected chi connectivity index (χ2v) is 8.89. The molecule has 0 radical (unpaired) electrons. The Labute approximate surface area is 191 Å². The molecule has 6 rings (SSSR count). The van der Waals surface area contributed by atoms with E-state index in [0.29, 0.717) is 0 Å². The minimum Gasteiger partial charge on any atom is -0.373 e. The van der Waals surface area contributed by atoms with Gasteiger partial charge in [-0.3, -0.25) is 15.1 Å². The third kappa shape index (κ3) is 3.62. The van der Waals surface area contributed by atoms with Gasteiger partial charge < -0.3 is 14.8 Å². The molecule has 8 nitrogen and oxygen atoms in total. The zero-order valence-electron chi connectivity index (χ0n) is 18.8. The van der Waals surface area contributed by atoms with Crippen LogP contribution in [0.25, 0.3) is 44.7 Å². The first-order chi connectivity index (χ1) is 16.2. The van der Waals surface area contributed by atoms with E-state index >= 15 is 0 Å². The Morgan fingerprint density at radius 1 is 0.970 bits per heavy atom. The summed E-state index contributed by atoms with van der Waals surface area (Å²) in [6.45, 7) is 2.88. The largest absolute Gasteiger partial charge is 0.373 e. The van der Waals surface area contributed by atoms with Crippen LogP contribution in [0.1, 0.15) is 18.4 Å². The van der Waals surface area contributed by atoms with Gasteiger partial charge in [-0.25, -0.2) is 4.98 Å². The van der Waals surface area contributed by atoms with Crippen LogP contribution in [-0.2, 0) is 6.54 Å². The van der Waals surface area contributed by atoms with Gasteiger partial charge in [-0.1, -0.05) is 6.07 Å². The second kappa shape index (κ2) is 7.97. The topological polar surface area (TPSA) is 89.6 Å². The van der Waals surface area contributed by atoms with E-state index in [4.69, 9.17) is 4.98 Å². The first-order valence-corrected chi connectivity index (χ1v) is 11.3. The van der Waals surface area contributed by atoms with Gasteiger partial charge in [-0.15, -0.1) is 0 Å². The van der Waals surface area contributed by atoms with Crippen LogP contribution in [-0.4, -0.2) is 62.2 Å². The normalized spacial score (nSPS) is 15.4. The fourth-order valence-corrected chi connectivity index (χ4v) is 4.65. The lowest BCUT2D eigenvalue weighted by molar-refractivity contribution is 0.319. The highest BCUT2D eigenvalue weighted by atomic mass is 15.2. The average molecular weight is 439 g/mol. The van der Waals surface area contributed by atoms with Crippen molar-refractivity contribution in [2.75, 3.05) is 32.1 Å². The van der Waals surface area contributed by atoms with Gasteiger partial charge >= 0.3 is 0 Å². The molecule has 1 aliphatic rings. The molecule has 1 aliphatic heterocycles. The molecule has 1 aromatic carbocycles. The summed E-state index contributed by atoms with van der Waals surface area (Å²) in [6.07, 6.45) is 7.89. The van der Waals surface area contributed by atoms with Gasteiger partial charge in [0.15, 0.2) is 5.82 Å². The number of aromatic amines is 2. The molecule has 4 aromatic heterocycles. The molecule has 0 spiro atoms. The molecule has 6 bridgehead atoms. The predicted octanol–water partition coefficient (Wildman–Crippen LogP) is 4.23. The summed E-state index contributed by atoms with van der Waals surface area (Å²) in [5.74, 6) is 0.754. The van der Waals surface area contributed by atoms with E-state index in [2.05, 4.69) is 79.4 Å². The maximum Gasteiger partial charge on any atom is 0.159 e. The second-order valence-electron chi connectivity index (χ2n) is 8.89. The number of para-hydroxylation sites is 1. The number of H-pyrrole nitrogens is 2. The van der Waals surface area contributed by atoms with Gasteiger partial charge in [0.25, 0.3) is 0 Å². The van der Waals surface area contributed by atoms with E-state index in [1.807, 2.05) is 18.6 Å². The van der Waals surface area contributed by atoms with Crippen molar-refractivity contribution in [3.8, 4) is 22.8 Å². The highest BCUT2D eigenvalue weighted by Crippen LogP contribution is 2.32. The predicted molar refractivity (Wildman–Crippen MR) is 131 cm³/mol. The summed E-state index contributed by atoms with van der Waals surface area (Å²) >= 11 is 0. The number of pyridine rings is 2. The number of aromatic nitrogens is 6. The van der Waals surface area contributed by atoms with Crippen molar-refractivity contribution >= 4 is 27.6 Å². The van der Waals surface area contributed by atoms with Crippen molar-refractivity contribution < 1.29 is 0 Å². The number of fused-ring (bicyclic) bond motifs is 6. The maximum atomic E-state index is 4.97. The van der Waals surface area contributed by atoms with Crippen LogP contribution in [0.2, 0.25) is 0 Å². The number of nitrogens with zero attached hydrogens (tertiary/aromatic N) is 6. The molecular formula is C25H26N8. The van der Waals surface area contributed by atoms with Gasteiger partial charge in [-0.2, -0.15) is 5.10 Å². The molecular weight excluding hydrogens is 412 g/mol. The highest BCUT2D eigenvalue weighted by molar-refractivity contribution is 5.96. The summed E-state index contributed by atoms with van der Waals surface area (Å²) in [6, 6.07) is 10.5. The molecule has 0 fully saturated rings. The standard InChI is InChI=1S/C25H26N8/c1-32-8-3-4-9-33(2)22-7-5-6-19-24(22)29-25(28-19)23-18-11-20(27-14-21(18)30-31-23)17-10-16(15-32)12-26-13-17/h5-7,10-14H,3-4,8-9,15H2,1-2H3,(H,28,29)(H,30,31). The Kier molecular flexibility index (Phi) is 4.80. The molecule has 5 heterocycles. The summed E-state index contributed by atoms with van der Waals surface area (Å²) in [5, 5.41) is 8.67.